The molecule has 0 amide bonds. The van der Waals surface area contributed by atoms with Crippen LogP contribution in [0.15, 0.2) is 54.6 Å². The van der Waals surface area contributed by atoms with Crippen LogP contribution in [0.5, 0.6) is 0 Å². The molecular weight excluding hydrogens is 826 g/mol. The molecule has 0 fully saturated rings. The molecule has 0 bridgehead atoms. The second-order valence-electron chi connectivity index (χ2n) is 9.23. The topological polar surface area (TPSA) is 334 Å². The van der Waals surface area contributed by atoms with Crippen molar-refractivity contribution in [1.82, 2.24) is 0 Å². The molecule has 0 radical (unpaired) electrons. The number of hydrogen-bond donors (Lipinski definition) is 2. The number of alkyl halides is 1. The Balaban J connectivity index is -0.0000000801. The summed E-state index contributed by atoms with van der Waals surface area (Å²) in [5, 5.41) is 22.1. The Morgan fingerprint density at radius 3 is 1.22 bits per heavy atom. The van der Waals surface area contributed by atoms with Gasteiger partial charge in [0.05, 0.1) is 9.85 Å². The molecule has 3 rings (SSSR count). The SMILES string of the molecule is CCBr.CCN(CC)c1ccc(C)c(N)c1.CCN(CC)c1ccc(C)c([N+](=O)[O-])c1.Cc1ccc(N)cc1[N+](=O)[O-].O.O.O.O.O.O.[Cl][Ni][Cl]. The number of rotatable bonds is 8. The number of aryl methyl sites for hydroxylation is 3. The number of nitrogen functional groups attached to an aromatic ring is 2. The van der Waals surface area contributed by atoms with Crippen LogP contribution in [-0.4, -0.2) is 74.2 Å². The minimum atomic E-state index is -0.439. The first kappa shape index (κ1) is 66.2. The minimum absolute atomic E-state index is 0. The van der Waals surface area contributed by atoms with Crippen LogP contribution in [0.1, 0.15) is 51.3 Å². The van der Waals surface area contributed by atoms with Crippen LogP contribution in [0.4, 0.5) is 34.1 Å². The van der Waals surface area contributed by atoms with Gasteiger partial charge in [-0.2, -0.15) is 0 Å². The van der Waals surface area contributed by atoms with E-state index in [0.29, 0.717) is 29.5 Å². The van der Waals surface area contributed by atoms with Crippen molar-refractivity contribution >= 4 is 70.4 Å². The van der Waals surface area contributed by atoms with Crippen LogP contribution in [0.3, 0.4) is 0 Å². The third-order valence-electron chi connectivity index (χ3n) is 6.34. The van der Waals surface area contributed by atoms with Gasteiger partial charge in [0, 0.05) is 77.5 Å². The molecule has 0 aromatic heterocycles. The van der Waals surface area contributed by atoms with Crippen molar-refractivity contribution in [3.8, 4) is 0 Å². The standard InChI is InChI=1S/C11H16N2O2.C11H18N2.C7H8N2O2.C2H5Br.2ClH.Ni.6H2O/c1-4-12(5-2)10-7-6-9(3)11(8-10)13(14)15;1-4-13(5-2)10-7-6-9(3)11(12)8-10;1-5-2-3-6(8)4-7(5)9(10)11;1-2-3;;;;;;;;;/h6-8H,4-5H2,1-3H3;6-8H,4-5,12H2,1-3H3;2-4H,8H2,1H3;2H2,1H3;2*1H;;6*1H2/q;;;;;;+2;;;;;;/p-2. The van der Waals surface area contributed by atoms with Crippen molar-refractivity contribution in [2.24, 2.45) is 0 Å². The number of hydrogen-bond acceptors (Lipinski definition) is 8. The van der Waals surface area contributed by atoms with E-state index in [-0.39, 0.29) is 49.2 Å². The molecule has 51 heavy (non-hydrogen) atoms. The first-order chi connectivity index (χ1) is 21.2. The van der Waals surface area contributed by atoms with E-state index >= 15 is 0 Å². The van der Waals surface area contributed by atoms with Crippen LogP contribution in [-0.2, 0) is 12.7 Å². The number of nitrogens with zero attached hydrogens (tertiary/aromatic N) is 4. The fourth-order valence-electron chi connectivity index (χ4n) is 3.82. The van der Waals surface area contributed by atoms with E-state index in [0.717, 1.165) is 48.4 Å². The summed E-state index contributed by atoms with van der Waals surface area (Å²) in [4.78, 5) is 24.7. The third kappa shape index (κ3) is 26.4. The Labute approximate surface area is 324 Å². The first-order valence-corrected chi connectivity index (χ1v) is 18.1. The van der Waals surface area contributed by atoms with Crippen molar-refractivity contribution in [2.45, 2.75) is 55.4 Å². The second-order valence-corrected chi connectivity index (χ2v) is 12.0. The van der Waals surface area contributed by atoms with Gasteiger partial charge in [0.15, 0.2) is 0 Å². The maximum absolute atomic E-state index is 10.8. The van der Waals surface area contributed by atoms with Crippen LogP contribution in [0, 0.1) is 41.0 Å². The molecule has 0 heterocycles. The summed E-state index contributed by atoms with van der Waals surface area (Å²) in [6.45, 7) is 19.7. The van der Waals surface area contributed by atoms with Crippen molar-refractivity contribution in [2.75, 3.05) is 52.8 Å². The van der Waals surface area contributed by atoms with E-state index in [1.807, 2.05) is 39.8 Å². The predicted octanol–water partition coefficient (Wildman–Crippen LogP) is 4.49. The van der Waals surface area contributed by atoms with Crippen molar-refractivity contribution in [3.63, 3.8) is 0 Å². The Bertz CT molecular complexity index is 1310. The number of halogens is 3. The van der Waals surface area contributed by atoms with Crippen LogP contribution in [0.2, 0.25) is 0 Å². The summed E-state index contributed by atoms with van der Waals surface area (Å²) in [6, 6.07) is 16.2. The fourth-order valence-corrected chi connectivity index (χ4v) is 3.82. The molecule has 0 aliphatic rings. The Kier molecular flexibility index (Phi) is 49.6. The molecule has 0 atom stereocenters. The average Bonchev–Trinajstić information content (AvgIpc) is 2.99. The Morgan fingerprint density at radius 1 is 0.627 bits per heavy atom. The molecule has 20 heteroatoms. The molecule has 16 nitrogen and oxygen atoms in total. The maximum atomic E-state index is 10.8. The molecule has 3 aromatic rings. The zero-order chi connectivity index (χ0) is 35.1. The van der Waals surface area contributed by atoms with Crippen LogP contribution >= 0.6 is 36.3 Å². The number of nitrogens with two attached hydrogens (primary N) is 2. The number of nitro benzene ring substituents is 2. The Morgan fingerprint density at radius 2 is 0.922 bits per heavy atom. The summed E-state index contributed by atoms with van der Waals surface area (Å²) >= 11 is 3.72. The molecular formula is C31H59BrCl2N6NiO10. The molecule has 0 unspecified atom stereocenters. The molecule has 0 aliphatic carbocycles. The molecule has 0 aliphatic heterocycles. The summed E-state index contributed by atoms with van der Waals surface area (Å²) in [6.07, 6.45) is 0. The van der Waals surface area contributed by atoms with Crippen LogP contribution in [0.25, 0.3) is 0 Å². The monoisotopic (exact) mass is 882 g/mol. The zero-order valence-electron chi connectivity index (χ0n) is 30.3. The van der Waals surface area contributed by atoms with Gasteiger partial charge < -0.3 is 54.1 Å². The van der Waals surface area contributed by atoms with Gasteiger partial charge in [0.1, 0.15) is 0 Å². The molecule has 304 valence electrons. The van der Waals surface area contributed by atoms with Crippen molar-refractivity contribution < 1.29 is 55.4 Å². The molecule has 16 N–H and O–H groups in total. The molecule has 0 spiro atoms. The van der Waals surface area contributed by atoms with E-state index < -0.39 is 4.92 Å². The third-order valence-corrected chi connectivity index (χ3v) is 6.34. The number of benzene rings is 3. The molecule has 0 saturated carbocycles. The Hall–Kier alpha value is -3.03. The fraction of sp³-hybridized carbons (Fsp3) is 0.419. The summed E-state index contributed by atoms with van der Waals surface area (Å²) in [7, 11) is 9.40. The molecule has 3 aromatic carbocycles. The summed E-state index contributed by atoms with van der Waals surface area (Å²) in [5.74, 6) is 0. The van der Waals surface area contributed by atoms with E-state index in [2.05, 4.69) is 51.7 Å². The van der Waals surface area contributed by atoms with Gasteiger partial charge in [-0.1, -0.05) is 41.1 Å². The van der Waals surface area contributed by atoms with E-state index in [1.165, 1.54) is 11.8 Å². The van der Waals surface area contributed by atoms with E-state index in [4.69, 9.17) is 31.9 Å². The van der Waals surface area contributed by atoms with Crippen LogP contribution < -0.4 is 21.3 Å². The van der Waals surface area contributed by atoms with E-state index in [1.54, 1.807) is 38.1 Å². The van der Waals surface area contributed by atoms with Crippen molar-refractivity contribution in [3.05, 3.63) is 91.5 Å². The van der Waals surface area contributed by atoms with Gasteiger partial charge in [-0.15, -0.1) is 0 Å². The normalized spacial score (nSPS) is 8.37. The van der Waals surface area contributed by atoms with Gasteiger partial charge in [-0.05, 0) is 78.3 Å². The number of anilines is 4. The van der Waals surface area contributed by atoms with Crippen molar-refractivity contribution in [1.29, 1.82) is 0 Å². The summed E-state index contributed by atoms with van der Waals surface area (Å²) < 4.78 is 0. The number of nitro groups is 2. The van der Waals surface area contributed by atoms with E-state index in [9.17, 15) is 20.2 Å². The predicted molar refractivity (Wildman–Crippen MR) is 216 cm³/mol. The molecule has 0 saturated heterocycles. The quantitative estimate of drug-likeness (QED) is 0.106. The summed E-state index contributed by atoms with van der Waals surface area (Å²) in [5.41, 5.74) is 17.4. The second kappa shape index (κ2) is 38.2. The van der Waals surface area contributed by atoms with Gasteiger partial charge in [0.2, 0.25) is 0 Å². The van der Waals surface area contributed by atoms with Gasteiger partial charge in [-0.3, -0.25) is 20.2 Å². The van der Waals surface area contributed by atoms with Gasteiger partial charge in [-0.25, -0.2) is 0 Å². The average molecular weight is 885 g/mol. The first-order valence-electron chi connectivity index (χ1n) is 14.2. The van der Waals surface area contributed by atoms with Gasteiger partial charge >= 0.3 is 33.0 Å². The van der Waals surface area contributed by atoms with Gasteiger partial charge in [0.25, 0.3) is 11.4 Å². The zero-order valence-corrected chi connectivity index (χ0v) is 34.3.